The van der Waals surface area contributed by atoms with Gasteiger partial charge < -0.3 is 15.7 Å². The fourth-order valence-corrected chi connectivity index (χ4v) is 3.05. The Labute approximate surface area is 144 Å². The quantitative estimate of drug-likeness (QED) is 0.765. The lowest BCUT2D eigenvalue weighted by Gasteiger charge is -2.18. The van der Waals surface area contributed by atoms with Gasteiger partial charge in [-0.2, -0.15) is 0 Å². The molecule has 0 saturated carbocycles. The topological polar surface area (TPSA) is 78.4 Å². The summed E-state index contributed by atoms with van der Waals surface area (Å²) in [5.74, 6) is -1.15. The highest BCUT2D eigenvalue weighted by Gasteiger charge is 2.31. The van der Waals surface area contributed by atoms with Crippen molar-refractivity contribution in [1.82, 2.24) is 10.6 Å². The van der Waals surface area contributed by atoms with Crippen LogP contribution in [-0.4, -0.2) is 29.6 Å². The molecule has 5 nitrogen and oxygen atoms in total. The molecule has 0 aromatic heterocycles. The van der Waals surface area contributed by atoms with Gasteiger partial charge in [0.05, 0.1) is 25.1 Å². The number of aliphatic hydroxyl groups excluding tert-OH is 1. The van der Waals surface area contributed by atoms with Gasteiger partial charge in [-0.1, -0.05) is 36.4 Å². The van der Waals surface area contributed by atoms with Crippen LogP contribution in [0.3, 0.4) is 0 Å². The summed E-state index contributed by atoms with van der Waals surface area (Å²) in [6.07, 6.45) is -0.183. The number of carbonyl (C=O) groups excluding carboxylic acids is 2. The molecule has 0 bridgehead atoms. The third-order valence-corrected chi connectivity index (χ3v) is 4.22. The van der Waals surface area contributed by atoms with E-state index < -0.39 is 18.0 Å². The van der Waals surface area contributed by atoms with E-state index in [1.165, 1.54) is 18.2 Å². The summed E-state index contributed by atoms with van der Waals surface area (Å²) >= 11 is 0. The lowest BCUT2D eigenvalue weighted by atomic mass is 10.1. The number of benzene rings is 2. The number of fused-ring (bicyclic) bond motifs is 1. The Bertz CT molecular complexity index is 794. The fraction of sp³-hybridized carbons (Fsp3) is 0.263. The third kappa shape index (κ3) is 4.22. The van der Waals surface area contributed by atoms with E-state index in [4.69, 9.17) is 0 Å². The highest BCUT2D eigenvalue weighted by Crippen LogP contribution is 2.30. The molecule has 0 aliphatic heterocycles. The van der Waals surface area contributed by atoms with Gasteiger partial charge in [-0.05, 0) is 28.8 Å². The molecule has 130 valence electrons. The first-order chi connectivity index (χ1) is 12.0. The zero-order chi connectivity index (χ0) is 17.8. The Morgan fingerprint density at radius 3 is 2.72 bits per heavy atom. The SMILES string of the molecule is O=C(Cc1cccc(F)c1)NCC(=O)NC1c2ccccc2CC1O. The van der Waals surface area contributed by atoms with E-state index >= 15 is 0 Å². The number of amides is 2. The fourth-order valence-electron chi connectivity index (χ4n) is 3.05. The second-order valence-electron chi connectivity index (χ2n) is 6.10. The Morgan fingerprint density at radius 2 is 1.92 bits per heavy atom. The Balaban J connectivity index is 1.51. The maximum atomic E-state index is 13.1. The summed E-state index contributed by atoms with van der Waals surface area (Å²) in [4.78, 5) is 23.9. The molecule has 0 saturated heterocycles. The summed E-state index contributed by atoms with van der Waals surface area (Å²) in [6, 6.07) is 12.8. The van der Waals surface area contributed by atoms with Crippen LogP contribution >= 0.6 is 0 Å². The molecule has 2 atom stereocenters. The van der Waals surface area contributed by atoms with Crippen LogP contribution in [0.2, 0.25) is 0 Å². The lowest BCUT2D eigenvalue weighted by molar-refractivity contribution is -0.126. The molecule has 1 aliphatic rings. The number of halogens is 1. The van der Waals surface area contributed by atoms with E-state index in [0.29, 0.717) is 12.0 Å². The number of rotatable bonds is 5. The van der Waals surface area contributed by atoms with Crippen LogP contribution in [0, 0.1) is 5.82 Å². The normalized spacial score (nSPS) is 18.5. The van der Waals surface area contributed by atoms with E-state index in [-0.39, 0.29) is 24.8 Å². The average Bonchev–Trinajstić information content (AvgIpc) is 2.89. The molecular weight excluding hydrogens is 323 g/mol. The first kappa shape index (κ1) is 17.1. The van der Waals surface area contributed by atoms with Crippen molar-refractivity contribution in [1.29, 1.82) is 0 Å². The summed E-state index contributed by atoms with van der Waals surface area (Å²) in [7, 11) is 0. The van der Waals surface area contributed by atoms with Crippen LogP contribution in [-0.2, 0) is 22.4 Å². The molecule has 6 heteroatoms. The number of nitrogens with one attached hydrogen (secondary N) is 2. The lowest BCUT2D eigenvalue weighted by Crippen LogP contribution is -2.41. The van der Waals surface area contributed by atoms with Gasteiger partial charge in [0.25, 0.3) is 0 Å². The zero-order valence-electron chi connectivity index (χ0n) is 13.5. The molecule has 2 unspecified atom stereocenters. The molecular formula is C19H19FN2O3. The number of hydrogen-bond donors (Lipinski definition) is 3. The Hall–Kier alpha value is -2.73. The Kier molecular flexibility index (Phi) is 5.09. The minimum Gasteiger partial charge on any atom is -0.390 e. The summed E-state index contributed by atoms with van der Waals surface area (Å²) < 4.78 is 13.1. The van der Waals surface area contributed by atoms with E-state index in [9.17, 15) is 19.1 Å². The summed E-state index contributed by atoms with van der Waals surface area (Å²) in [6.45, 7) is -0.195. The van der Waals surface area contributed by atoms with Crippen molar-refractivity contribution < 1.29 is 19.1 Å². The molecule has 1 aliphatic carbocycles. The molecule has 3 rings (SSSR count). The first-order valence-corrected chi connectivity index (χ1v) is 8.09. The highest BCUT2D eigenvalue weighted by molar-refractivity contribution is 5.86. The van der Waals surface area contributed by atoms with E-state index in [2.05, 4.69) is 10.6 Å². The van der Waals surface area contributed by atoms with Crippen LogP contribution < -0.4 is 10.6 Å². The van der Waals surface area contributed by atoms with Crippen LogP contribution in [0.4, 0.5) is 4.39 Å². The number of aliphatic hydroxyl groups is 1. The predicted molar refractivity (Wildman–Crippen MR) is 90.2 cm³/mol. The molecule has 25 heavy (non-hydrogen) atoms. The van der Waals surface area contributed by atoms with Gasteiger partial charge in [-0.25, -0.2) is 4.39 Å². The van der Waals surface area contributed by atoms with Gasteiger partial charge >= 0.3 is 0 Å². The van der Waals surface area contributed by atoms with E-state index in [1.807, 2.05) is 24.3 Å². The molecule has 0 fully saturated rings. The van der Waals surface area contributed by atoms with Crippen molar-refractivity contribution in [2.75, 3.05) is 6.54 Å². The van der Waals surface area contributed by atoms with Crippen molar-refractivity contribution in [2.45, 2.75) is 25.0 Å². The van der Waals surface area contributed by atoms with Crippen molar-refractivity contribution in [3.63, 3.8) is 0 Å². The maximum absolute atomic E-state index is 13.1. The molecule has 3 N–H and O–H groups in total. The monoisotopic (exact) mass is 342 g/mol. The minimum atomic E-state index is -0.677. The van der Waals surface area contributed by atoms with Gasteiger partial charge in [0, 0.05) is 6.42 Å². The zero-order valence-corrected chi connectivity index (χ0v) is 13.5. The highest BCUT2D eigenvalue weighted by atomic mass is 19.1. The van der Waals surface area contributed by atoms with E-state index in [0.717, 1.165) is 11.1 Å². The molecule has 2 aromatic rings. The smallest absolute Gasteiger partial charge is 0.239 e. The van der Waals surface area contributed by atoms with Gasteiger partial charge in [0.1, 0.15) is 5.82 Å². The van der Waals surface area contributed by atoms with Crippen molar-refractivity contribution in [3.8, 4) is 0 Å². The standard InChI is InChI=1S/C19H19FN2O3/c20-14-6-3-4-12(8-14)9-17(24)21-11-18(25)22-19-15-7-2-1-5-13(15)10-16(19)23/h1-8,16,19,23H,9-11H2,(H,21,24)(H,22,25). The van der Waals surface area contributed by atoms with Crippen LogP contribution in [0.25, 0.3) is 0 Å². The number of hydrogen-bond acceptors (Lipinski definition) is 3. The maximum Gasteiger partial charge on any atom is 0.239 e. The number of carbonyl (C=O) groups is 2. The second kappa shape index (κ2) is 7.44. The van der Waals surface area contributed by atoms with Gasteiger partial charge in [0.2, 0.25) is 11.8 Å². The molecule has 2 aromatic carbocycles. The van der Waals surface area contributed by atoms with Gasteiger partial charge in [0.15, 0.2) is 0 Å². The van der Waals surface area contributed by atoms with Crippen LogP contribution in [0.5, 0.6) is 0 Å². The molecule has 2 amide bonds. The van der Waals surface area contributed by atoms with Gasteiger partial charge in [-0.3, -0.25) is 9.59 Å². The molecule has 0 spiro atoms. The van der Waals surface area contributed by atoms with E-state index in [1.54, 1.807) is 6.07 Å². The first-order valence-electron chi connectivity index (χ1n) is 8.09. The second-order valence-corrected chi connectivity index (χ2v) is 6.10. The summed E-state index contributed by atoms with van der Waals surface area (Å²) in [5, 5.41) is 15.4. The minimum absolute atomic E-state index is 0.0000724. The van der Waals surface area contributed by atoms with Crippen molar-refractivity contribution in [3.05, 3.63) is 71.0 Å². The molecule has 0 radical (unpaired) electrons. The summed E-state index contributed by atoms with van der Waals surface area (Å²) in [5.41, 5.74) is 2.45. The van der Waals surface area contributed by atoms with Crippen molar-refractivity contribution in [2.24, 2.45) is 0 Å². The van der Waals surface area contributed by atoms with Crippen LogP contribution in [0.15, 0.2) is 48.5 Å². The van der Waals surface area contributed by atoms with Crippen molar-refractivity contribution >= 4 is 11.8 Å². The third-order valence-electron chi connectivity index (χ3n) is 4.22. The average molecular weight is 342 g/mol. The largest absolute Gasteiger partial charge is 0.390 e. The Morgan fingerprint density at radius 1 is 1.12 bits per heavy atom. The van der Waals surface area contributed by atoms with Crippen LogP contribution in [0.1, 0.15) is 22.7 Å². The predicted octanol–water partition coefficient (Wildman–Crippen LogP) is 1.26. The van der Waals surface area contributed by atoms with Gasteiger partial charge in [-0.15, -0.1) is 0 Å². The molecule has 0 heterocycles.